The number of nitrogens with one attached hydrogen (secondary N) is 1. The normalized spacial score (nSPS) is 33.2. The first-order valence-electron chi connectivity index (χ1n) is 2.21. The molecule has 0 bridgehead atoms. The van der Waals surface area contributed by atoms with Gasteiger partial charge in [-0.3, -0.25) is 0 Å². The van der Waals surface area contributed by atoms with Crippen molar-refractivity contribution in [3.8, 4) is 0 Å². The Balaban J connectivity index is 2.25. The van der Waals surface area contributed by atoms with Crippen LogP contribution in [-0.4, -0.2) is 6.21 Å². The third kappa shape index (κ3) is 0.445. The third-order valence-corrected chi connectivity index (χ3v) is 1.20. The van der Waals surface area contributed by atoms with Gasteiger partial charge in [-0.15, -0.1) is 0 Å². The minimum absolute atomic E-state index is 0.738. The molecule has 1 unspecified atom stereocenters. The molecule has 0 aliphatic heterocycles. The first-order valence-corrected chi connectivity index (χ1v) is 2.21. The topological polar surface area (TPSA) is 23.9 Å². The molecule has 1 atom stereocenters. The van der Waals surface area contributed by atoms with Crippen LogP contribution in [-0.2, 0) is 0 Å². The molecule has 6 heavy (non-hydrogen) atoms. The molecule has 33 valence electrons. The first kappa shape index (κ1) is 3.85. The fourth-order valence-corrected chi connectivity index (χ4v) is 0.496. The van der Waals surface area contributed by atoms with Gasteiger partial charge in [-0.05, 0) is 12.3 Å². The van der Waals surface area contributed by atoms with Gasteiger partial charge in [0.1, 0.15) is 0 Å². The van der Waals surface area contributed by atoms with E-state index in [1.807, 2.05) is 0 Å². The van der Waals surface area contributed by atoms with Gasteiger partial charge in [0.25, 0.3) is 0 Å². The van der Waals surface area contributed by atoms with Crippen LogP contribution >= 0.6 is 0 Å². The van der Waals surface area contributed by atoms with E-state index >= 15 is 0 Å². The van der Waals surface area contributed by atoms with Crippen LogP contribution in [0, 0.1) is 17.2 Å². The summed E-state index contributed by atoms with van der Waals surface area (Å²) in [5.41, 5.74) is 0. The van der Waals surface area contributed by atoms with Crippen LogP contribution in [0.5, 0.6) is 0 Å². The Morgan fingerprint density at radius 3 is 2.50 bits per heavy atom. The highest BCUT2D eigenvalue weighted by molar-refractivity contribution is 5.76. The van der Waals surface area contributed by atoms with E-state index in [0.29, 0.717) is 0 Å². The highest BCUT2D eigenvalue weighted by Gasteiger charge is 2.30. The average Bonchev–Trinajstić information content (AvgIpc) is 2.19. The largest absolute Gasteiger partial charge is 0.312 e. The van der Waals surface area contributed by atoms with E-state index in [-0.39, 0.29) is 0 Å². The van der Waals surface area contributed by atoms with E-state index in [1.165, 1.54) is 18.6 Å². The number of rotatable bonds is 1. The molecular weight excluding hydrogens is 74.1 g/mol. The lowest BCUT2D eigenvalue weighted by Crippen LogP contribution is -1.69. The van der Waals surface area contributed by atoms with Gasteiger partial charge in [0.15, 0.2) is 0 Å². The van der Waals surface area contributed by atoms with E-state index in [2.05, 4.69) is 6.92 Å². The van der Waals surface area contributed by atoms with Crippen LogP contribution in [0.25, 0.3) is 0 Å². The Labute approximate surface area is 37.9 Å². The molecule has 0 amide bonds. The summed E-state index contributed by atoms with van der Waals surface area (Å²) >= 11 is 0. The van der Waals surface area contributed by atoms with Crippen molar-refractivity contribution in [2.24, 2.45) is 5.92 Å². The van der Waals surface area contributed by atoms with Crippen LogP contribution in [0.1, 0.15) is 13.3 Å². The molecule has 0 aromatic carbocycles. The van der Waals surface area contributed by atoms with Gasteiger partial charge in [0.2, 0.25) is 0 Å². The predicted octanol–water partition coefficient (Wildman–Crippen LogP) is 1.25. The van der Waals surface area contributed by atoms with Crippen molar-refractivity contribution in [2.75, 3.05) is 0 Å². The van der Waals surface area contributed by atoms with E-state index in [9.17, 15) is 0 Å². The summed E-state index contributed by atoms with van der Waals surface area (Å²) in [7, 11) is 0. The number of hydrogen-bond donors (Lipinski definition) is 1. The Bertz CT molecular complexity index is 68.3. The SMILES string of the molecule is CC1C[C]1C=N. The summed E-state index contributed by atoms with van der Waals surface area (Å²) in [6.07, 6.45) is 2.63. The van der Waals surface area contributed by atoms with Gasteiger partial charge in [-0.2, -0.15) is 0 Å². The second-order valence-electron chi connectivity index (χ2n) is 1.82. The third-order valence-electron chi connectivity index (χ3n) is 1.20. The van der Waals surface area contributed by atoms with Crippen molar-refractivity contribution in [1.82, 2.24) is 0 Å². The Kier molecular flexibility index (Phi) is 0.685. The maximum atomic E-state index is 6.69. The van der Waals surface area contributed by atoms with Crippen molar-refractivity contribution in [3.05, 3.63) is 5.92 Å². The van der Waals surface area contributed by atoms with Gasteiger partial charge in [0.05, 0.1) is 0 Å². The highest BCUT2D eigenvalue weighted by Crippen LogP contribution is 2.37. The van der Waals surface area contributed by atoms with Crippen molar-refractivity contribution >= 4 is 6.21 Å². The molecule has 0 spiro atoms. The molecule has 1 aliphatic carbocycles. The predicted molar refractivity (Wildman–Crippen MR) is 25.8 cm³/mol. The van der Waals surface area contributed by atoms with E-state index in [1.54, 1.807) is 0 Å². The minimum Gasteiger partial charge on any atom is -0.312 e. The van der Waals surface area contributed by atoms with E-state index in [0.717, 1.165) is 5.92 Å². The first-order chi connectivity index (χ1) is 2.84. The highest BCUT2D eigenvalue weighted by atomic mass is 14.4. The molecule has 1 saturated carbocycles. The molecule has 1 aliphatic rings. The quantitative estimate of drug-likeness (QED) is 0.460. The smallest absolute Gasteiger partial charge is 0.0186 e. The molecule has 1 nitrogen and oxygen atoms in total. The summed E-state index contributed by atoms with van der Waals surface area (Å²) in [5, 5.41) is 6.69. The molecule has 0 aromatic heterocycles. The zero-order chi connectivity index (χ0) is 4.57. The van der Waals surface area contributed by atoms with E-state index in [4.69, 9.17) is 5.41 Å². The van der Waals surface area contributed by atoms with Crippen molar-refractivity contribution < 1.29 is 0 Å². The lowest BCUT2D eigenvalue weighted by atomic mass is 10.4. The van der Waals surface area contributed by atoms with Crippen molar-refractivity contribution in [2.45, 2.75) is 13.3 Å². The van der Waals surface area contributed by atoms with Crippen LogP contribution in [0.3, 0.4) is 0 Å². The Morgan fingerprint density at radius 1 is 2.00 bits per heavy atom. The molecule has 1 rings (SSSR count). The van der Waals surface area contributed by atoms with Gasteiger partial charge >= 0.3 is 0 Å². The fourth-order valence-electron chi connectivity index (χ4n) is 0.496. The molecule has 0 aromatic rings. The molecule has 0 heterocycles. The summed E-state index contributed by atoms with van der Waals surface area (Å²) in [6, 6.07) is 0. The average molecular weight is 82.1 g/mol. The molecule has 0 saturated heterocycles. The van der Waals surface area contributed by atoms with Crippen LogP contribution in [0.2, 0.25) is 0 Å². The lowest BCUT2D eigenvalue weighted by Gasteiger charge is -1.69. The summed E-state index contributed by atoms with van der Waals surface area (Å²) < 4.78 is 0. The van der Waals surface area contributed by atoms with Gasteiger partial charge in [-0.1, -0.05) is 6.92 Å². The van der Waals surface area contributed by atoms with Gasteiger partial charge in [0, 0.05) is 12.1 Å². The van der Waals surface area contributed by atoms with Crippen LogP contribution in [0.15, 0.2) is 0 Å². The second kappa shape index (κ2) is 1.07. The second-order valence-corrected chi connectivity index (χ2v) is 1.82. The minimum atomic E-state index is 0.738. The Hall–Kier alpha value is -0.330. The summed E-state index contributed by atoms with van der Waals surface area (Å²) in [5.74, 6) is 2.04. The molecule has 1 N–H and O–H groups in total. The van der Waals surface area contributed by atoms with Crippen molar-refractivity contribution in [1.29, 1.82) is 5.41 Å². The van der Waals surface area contributed by atoms with Crippen molar-refractivity contribution in [3.63, 3.8) is 0 Å². The van der Waals surface area contributed by atoms with Gasteiger partial charge in [-0.25, -0.2) is 0 Å². The Morgan fingerprint density at radius 2 is 2.50 bits per heavy atom. The summed E-state index contributed by atoms with van der Waals surface area (Å²) in [6.45, 7) is 2.14. The fraction of sp³-hybridized carbons (Fsp3) is 0.600. The summed E-state index contributed by atoms with van der Waals surface area (Å²) in [4.78, 5) is 0. The standard InChI is InChI=1S/C5H8N/c1-4-2-5(4)3-6/h3-4,6H,2H2,1H3. The van der Waals surface area contributed by atoms with Crippen LogP contribution in [0.4, 0.5) is 0 Å². The molecule has 1 fully saturated rings. The lowest BCUT2D eigenvalue weighted by molar-refractivity contribution is 1.01. The number of hydrogen-bond acceptors (Lipinski definition) is 1. The maximum Gasteiger partial charge on any atom is 0.0186 e. The van der Waals surface area contributed by atoms with Crippen LogP contribution < -0.4 is 0 Å². The van der Waals surface area contributed by atoms with Gasteiger partial charge < -0.3 is 5.41 Å². The van der Waals surface area contributed by atoms with E-state index < -0.39 is 0 Å². The maximum absolute atomic E-state index is 6.69. The molecule has 1 radical (unpaired) electrons. The molecular formula is C5H8N. The molecule has 1 heteroatoms. The zero-order valence-electron chi connectivity index (χ0n) is 3.86. The monoisotopic (exact) mass is 82.1 g/mol. The zero-order valence-corrected chi connectivity index (χ0v) is 3.86.